The van der Waals surface area contributed by atoms with Crippen LogP contribution in [0.5, 0.6) is 5.75 Å². The summed E-state index contributed by atoms with van der Waals surface area (Å²) in [5.41, 5.74) is 2.68. The maximum Gasteiger partial charge on any atom is 0.121 e. The molecule has 0 saturated carbocycles. The molecule has 0 bridgehead atoms. The summed E-state index contributed by atoms with van der Waals surface area (Å²) in [6.45, 7) is 0. The number of benzene rings is 1. The lowest BCUT2D eigenvalue weighted by Gasteiger charge is -2.03. The molecular weight excluding hydrogens is 280 g/mol. The molecule has 0 spiro atoms. The molecular formula is C13H11BrN2O. The van der Waals surface area contributed by atoms with Crippen molar-refractivity contribution in [3.05, 3.63) is 40.6 Å². The van der Waals surface area contributed by atoms with Gasteiger partial charge in [-0.1, -0.05) is 12.1 Å². The molecule has 0 amide bonds. The number of nitrogens with zero attached hydrogens (tertiary/aromatic N) is 2. The Morgan fingerprint density at radius 1 is 1.29 bits per heavy atom. The van der Waals surface area contributed by atoms with Crippen LogP contribution in [-0.4, -0.2) is 11.7 Å². The van der Waals surface area contributed by atoms with Gasteiger partial charge >= 0.3 is 0 Å². The number of ether oxygens (including phenoxy) is 1. The highest BCUT2D eigenvalue weighted by atomic mass is 79.9. The number of halogens is 1. The van der Waals surface area contributed by atoms with Gasteiger partial charge in [0, 0.05) is 12.6 Å². The van der Waals surface area contributed by atoms with Crippen molar-refractivity contribution < 1.29 is 4.74 Å². The molecule has 1 aromatic heterocycles. The highest BCUT2D eigenvalue weighted by molar-refractivity contribution is 9.10. The smallest absolute Gasteiger partial charge is 0.121 e. The molecule has 0 fully saturated rings. The standard InChI is InChI=1S/C13H11BrN2O/c1-16-10(8-15)7-12(13(16)14)9-3-5-11(17-2)6-4-9/h3-7H,1-2H3. The molecule has 0 saturated heterocycles. The van der Waals surface area contributed by atoms with E-state index in [9.17, 15) is 0 Å². The van der Waals surface area contributed by atoms with E-state index in [-0.39, 0.29) is 0 Å². The first-order chi connectivity index (χ1) is 8.17. The summed E-state index contributed by atoms with van der Waals surface area (Å²) < 4.78 is 7.84. The maximum absolute atomic E-state index is 8.97. The summed E-state index contributed by atoms with van der Waals surface area (Å²) in [5, 5.41) is 8.97. The van der Waals surface area contributed by atoms with E-state index >= 15 is 0 Å². The Bertz CT molecular complexity index is 579. The topological polar surface area (TPSA) is 37.9 Å². The third-order valence-electron chi connectivity index (χ3n) is 2.67. The van der Waals surface area contributed by atoms with Gasteiger partial charge < -0.3 is 9.30 Å². The number of hydrogen-bond donors (Lipinski definition) is 0. The predicted octanol–water partition coefficient (Wildman–Crippen LogP) is 3.33. The maximum atomic E-state index is 8.97. The molecule has 0 aliphatic rings. The van der Waals surface area contributed by atoms with Gasteiger partial charge in [-0.3, -0.25) is 0 Å². The fraction of sp³-hybridized carbons (Fsp3) is 0.154. The van der Waals surface area contributed by atoms with Crippen LogP contribution in [0, 0.1) is 11.3 Å². The Morgan fingerprint density at radius 3 is 2.41 bits per heavy atom. The molecule has 2 rings (SSSR count). The Labute approximate surface area is 108 Å². The van der Waals surface area contributed by atoms with E-state index in [2.05, 4.69) is 22.0 Å². The van der Waals surface area contributed by atoms with Crippen LogP contribution >= 0.6 is 15.9 Å². The quantitative estimate of drug-likeness (QED) is 0.851. The van der Waals surface area contributed by atoms with Crippen molar-refractivity contribution in [2.24, 2.45) is 7.05 Å². The minimum atomic E-state index is 0.627. The van der Waals surface area contributed by atoms with E-state index < -0.39 is 0 Å². The van der Waals surface area contributed by atoms with Crippen molar-refractivity contribution in [1.29, 1.82) is 5.26 Å². The molecule has 0 aliphatic carbocycles. The van der Waals surface area contributed by atoms with Gasteiger partial charge in [0.2, 0.25) is 0 Å². The first kappa shape index (κ1) is 11.7. The lowest BCUT2D eigenvalue weighted by Crippen LogP contribution is -1.90. The summed E-state index contributed by atoms with van der Waals surface area (Å²) in [6, 6.07) is 11.8. The third-order valence-corrected chi connectivity index (χ3v) is 3.63. The first-order valence-electron chi connectivity index (χ1n) is 5.07. The predicted molar refractivity (Wildman–Crippen MR) is 69.8 cm³/mol. The number of hydrogen-bond acceptors (Lipinski definition) is 2. The SMILES string of the molecule is COc1ccc(-c2cc(C#N)n(C)c2Br)cc1. The molecule has 0 atom stereocenters. The second kappa shape index (κ2) is 4.64. The first-order valence-corrected chi connectivity index (χ1v) is 5.86. The van der Waals surface area contributed by atoms with Crippen LogP contribution in [-0.2, 0) is 7.05 Å². The van der Waals surface area contributed by atoms with Crippen molar-refractivity contribution in [3.63, 3.8) is 0 Å². The van der Waals surface area contributed by atoms with E-state index in [1.165, 1.54) is 0 Å². The van der Waals surface area contributed by atoms with Crippen molar-refractivity contribution in [2.45, 2.75) is 0 Å². The van der Waals surface area contributed by atoms with Crippen LogP contribution in [0.1, 0.15) is 5.69 Å². The van der Waals surface area contributed by atoms with Gasteiger partial charge in [-0.15, -0.1) is 0 Å². The van der Waals surface area contributed by atoms with Gasteiger partial charge in [0.1, 0.15) is 17.5 Å². The molecule has 0 radical (unpaired) electrons. The molecule has 86 valence electrons. The Morgan fingerprint density at radius 2 is 1.94 bits per heavy atom. The molecule has 0 aliphatic heterocycles. The van der Waals surface area contributed by atoms with E-state index in [1.807, 2.05) is 41.9 Å². The van der Waals surface area contributed by atoms with Gasteiger partial charge in [-0.2, -0.15) is 5.26 Å². The van der Waals surface area contributed by atoms with Gasteiger partial charge in [-0.25, -0.2) is 0 Å². The van der Waals surface area contributed by atoms with Gasteiger partial charge in [-0.05, 0) is 39.7 Å². The van der Waals surface area contributed by atoms with Gasteiger partial charge in [0.05, 0.1) is 11.7 Å². The zero-order valence-electron chi connectivity index (χ0n) is 9.57. The second-order valence-corrected chi connectivity index (χ2v) is 4.38. The summed E-state index contributed by atoms with van der Waals surface area (Å²) in [4.78, 5) is 0. The van der Waals surface area contributed by atoms with Crippen molar-refractivity contribution in [3.8, 4) is 22.9 Å². The molecule has 0 N–H and O–H groups in total. The molecule has 2 aromatic rings. The highest BCUT2D eigenvalue weighted by Gasteiger charge is 2.11. The Balaban J connectivity index is 2.50. The summed E-state index contributed by atoms with van der Waals surface area (Å²) in [6.07, 6.45) is 0. The summed E-state index contributed by atoms with van der Waals surface area (Å²) in [5.74, 6) is 0.821. The van der Waals surface area contributed by atoms with Gasteiger partial charge in [0.25, 0.3) is 0 Å². The largest absolute Gasteiger partial charge is 0.497 e. The van der Waals surface area contributed by atoms with Crippen molar-refractivity contribution in [1.82, 2.24) is 4.57 Å². The Kier molecular flexibility index (Phi) is 3.21. The van der Waals surface area contributed by atoms with Gasteiger partial charge in [0.15, 0.2) is 0 Å². The van der Waals surface area contributed by atoms with Crippen LogP contribution in [0.15, 0.2) is 34.9 Å². The van der Waals surface area contributed by atoms with E-state index in [0.29, 0.717) is 5.69 Å². The molecule has 1 aromatic carbocycles. The van der Waals surface area contributed by atoms with Crippen LogP contribution in [0.2, 0.25) is 0 Å². The van der Waals surface area contributed by atoms with Crippen molar-refractivity contribution in [2.75, 3.05) is 7.11 Å². The van der Waals surface area contributed by atoms with E-state index in [0.717, 1.165) is 21.5 Å². The minimum absolute atomic E-state index is 0.627. The van der Waals surface area contributed by atoms with E-state index in [4.69, 9.17) is 10.00 Å². The molecule has 4 heteroatoms. The van der Waals surface area contributed by atoms with E-state index in [1.54, 1.807) is 7.11 Å². The average Bonchev–Trinajstić information content (AvgIpc) is 2.66. The average molecular weight is 291 g/mol. The lowest BCUT2D eigenvalue weighted by molar-refractivity contribution is 0.415. The highest BCUT2D eigenvalue weighted by Crippen LogP contribution is 2.31. The normalized spacial score (nSPS) is 10.0. The molecule has 1 heterocycles. The molecule has 17 heavy (non-hydrogen) atoms. The lowest BCUT2D eigenvalue weighted by atomic mass is 10.1. The summed E-state index contributed by atoms with van der Waals surface area (Å²) >= 11 is 3.49. The molecule has 0 unspecified atom stereocenters. The number of aromatic nitrogens is 1. The fourth-order valence-electron chi connectivity index (χ4n) is 1.66. The Hall–Kier alpha value is -1.73. The zero-order chi connectivity index (χ0) is 12.4. The third kappa shape index (κ3) is 2.06. The summed E-state index contributed by atoms with van der Waals surface area (Å²) in [7, 11) is 3.50. The molecule has 3 nitrogen and oxygen atoms in total. The van der Waals surface area contributed by atoms with Crippen molar-refractivity contribution >= 4 is 15.9 Å². The van der Waals surface area contributed by atoms with Crippen LogP contribution in [0.3, 0.4) is 0 Å². The monoisotopic (exact) mass is 290 g/mol. The zero-order valence-corrected chi connectivity index (χ0v) is 11.2. The number of methoxy groups -OCH3 is 1. The van der Waals surface area contributed by atoms with Crippen LogP contribution in [0.4, 0.5) is 0 Å². The second-order valence-electron chi connectivity index (χ2n) is 3.63. The minimum Gasteiger partial charge on any atom is -0.497 e. The fourth-order valence-corrected chi connectivity index (χ4v) is 2.19. The van der Waals surface area contributed by atoms with Crippen LogP contribution in [0.25, 0.3) is 11.1 Å². The number of rotatable bonds is 2. The number of nitriles is 1. The van der Waals surface area contributed by atoms with Crippen LogP contribution < -0.4 is 4.74 Å².